The minimum atomic E-state index is -4.51. The molecule has 0 radical (unpaired) electrons. The second kappa shape index (κ2) is 6.42. The van der Waals surface area contributed by atoms with Gasteiger partial charge in [-0.25, -0.2) is 0 Å². The molecule has 0 fully saturated rings. The molecule has 1 atom stereocenters. The number of rotatable bonds is 3. The Kier molecular flexibility index (Phi) is 9.49. The van der Waals surface area contributed by atoms with Gasteiger partial charge in [-0.15, -0.1) is 0 Å². The van der Waals surface area contributed by atoms with Gasteiger partial charge >= 0.3 is 51.4 Å². The second-order valence-corrected chi connectivity index (χ2v) is 2.29. The zero-order chi connectivity index (χ0) is 6.62. The van der Waals surface area contributed by atoms with E-state index in [1.54, 1.807) is 0 Å². The maximum absolute atomic E-state index is 9.70. The third-order valence-electron chi connectivity index (χ3n) is 0.372. The minimum absolute atomic E-state index is 0. The molecule has 0 amide bonds. The maximum Gasteiger partial charge on any atom is 1.00 e. The molecule has 0 heterocycles. The van der Waals surface area contributed by atoms with E-state index >= 15 is 0 Å². The van der Waals surface area contributed by atoms with Crippen LogP contribution in [0, 0.1) is 0 Å². The van der Waals surface area contributed by atoms with Crippen molar-refractivity contribution in [3.63, 3.8) is 0 Å². The Morgan fingerprint density at radius 1 is 1.78 bits per heavy atom. The maximum atomic E-state index is 9.70. The van der Waals surface area contributed by atoms with Crippen LogP contribution in [0.25, 0.3) is 0 Å². The fourth-order valence-electron chi connectivity index (χ4n) is 0.168. The van der Waals surface area contributed by atoms with Gasteiger partial charge in [-0.2, -0.15) is 0 Å². The van der Waals surface area contributed by atoms with Crippen LogP contribution in [0.2, 0.25) is 0 Å². The molecule has 0 spiro atoms. The van der Waals surface area contributed by atoms with Crippen LogP contribution in [0.1, 0.15) is 0 Å². The molecule has 0 aromatic rings. The zero-order valence-corrected chi connectivity index (χ0v) is 9.13. The molecular weight excluding hydrogens is 172 g/mol. The SMILES string of the molecule is NCCOP(=O)([O-])O.[K+]. The summed E-state index contributed by atoms with van der Waals surface area (Å²) in [5, 5.41) is 0. The van der Waals surface area contributed by atoms with Crippen molar-refractivity contribution < 1.29 is 70.3 Å². The summed E-state index contributed by atoms with van der Waals surface area (Å²) in [6, 6.07) is 0. The van der Waals surface area contributed by atoms with Crippen LogP contribution >= 0.6 is 7.82 Å². The van der Waals surface area contributed by atoms with Gasteiger partial charge in [0.25, 0.3) is 7.82 Å². The van der Waals surface area contributed by atoms with Gasteiger partial charge in [0.15, 0.2) is 0 Å². The van der Waals surface area contributed by atoms with Crippen LogP contribution in [0.3, 0.4) is 0 Å². The van der Waals surface area contributed by atoms with E-state index in [-0.39, 0.29) is 64.5 Å². The fraction of sp³-hybridized carbons (Fsp3) is 1.00. The molecule has 9 heavy (non-hydrogen) atoms. The van der Waals surface area contributed by atoms with Crippen LogP contribution in [-0.2, 0) is 9.09 Å². The summed E-state index contributed by atoms with van der Waals surface area (Å²) in [6.45, 7) is -0.0932. The van der Waals surface area contributed by atoms with E-state index in [4.69, 9.17) is 10.6 Å². The summed E-state index contributed by atoms with van der Waals surface area (Å²) in [5.74, 6) is 0. The van der Waals surface area contributed by atoms with Crippen LogP contribution in [0.15, 0.2) is 0 Å². The van der Waals surface area contributed by atoms with Gasteiger partial charge in [0.05, 0.1) is 6.61 Å². The molecular formula is C2H7KNO4P. The quantitative estimate of drug-likeness (QED) is 0.336. The van der Waals surface area contributed by atoms with Crippen molar-refractivity contribution in [2.24, 2.45) is 5.73 Å². The molecule has 0 aromatic carbocycles. The largest absolute Gasteiger partial charge is 1.00 e. The van der Waals surface area contributed by atoms with E-state index in [1.807, 2.05) is 0 Å². The van der Waals surface area contributed by atoms with Gasteiger partial charge in [-0.05, 0) is 0 Å². The molecule has 0 saturated heterocycles. The molecule has 0 rings (SSSR count). The topological polar surface area (TPSA) is 95.6 Å². The summed E-state index contributed by atoms with van der Waals surface area (Å²) in [5.41, 5.74) is 4.84. The Balaban J connectivity index is 0. The number of phosphoric acid groups is 1. The van der Waals surface area contributed by atoms with Gasteiger partial charge in [0, 0.05) is 6.54 Å². The Hall–Kier alpha value is 1.71. The Bertz CT molecular complexity index is 103. The number of nitrogens with two attached hydrogens (primary N) is 1. The van der Waals surface area contributed by atoms with Gasteiger partial charge in [-0.1, -0.05) is 0 Å². The number of hydrogen-bond acceptors (Lipinski definition) is 4. The predicted molar refractivity (Wildman–Crippen MR) is 24.8 cm³/mol. The fourth-order valence-corrected chi connectivity index (χ4v) is 0.504. The van der Waals surface area contributed by atoms with Crippen molar-refractivity contribution >= 4 is 7.82 Å². The van der Waals surface area contributed by atoms with Crippen molar-refractivity contribution in [1.82, 2.24) is 0 Å². The molecule has 0 aromatic heterocycles. The van der Waals surface area contributed by atoms with Crippen LogP contribution in [-0.4, -0.2) is 18.0 Å². The normalized spacial score (nSPS) is 15.9. The third-order valence-corrected chi connectivity index (χ3v) is 0.881. The molecule has 3 N–H and O–H groups in total. The monoisotopic (exact) mass is 179 g/mol. The van der Waals surface area contributed by atoms with E-state index in [0.29, 0.717) is 0 Å². The molecule has 0 bridgehead atoms. The molecule has 0 saturated carbocycles. The summed E-state index contributed by atoms with van der Waals surface area (Å²) in [7, 11) is -4.51. The second-order valence-electron chi connectivity index (χ2n) is 1.09. The van der Waals surface area contributed by atoms with E-state index in [2.05, 4.69) is 4.52 Å². The van der Waals surface area contributed by atoms with E-state index in [0.717, 1.165) is 0 Å². The first-order valence-electron chi connectivity index (χ1n) is 1.94. The Morgan fingerprint density at radius 2 is 2.22 bits per heavy atom. The number of phosphoric ester groups is 1. The van der Waals surface area contributed by atoms with Gasteiger partial charge in [0.2, 0.25) is 0 Å². The Labute approximate surface area is 95.6 Å². The third kappa shape index (κ3) is 12.8. The van der Waals surface area contributed by atoms with Crippen molar-refractivity contribution in [3.8, 4) is 0 Å². The first kappa shape index (κ1) is 13.3. The van der Waals surface area contributed by atoms with Gasteiger partial charge in [0.1, 0.15) is 0 Å². The molecule has 0 aliphatic heterocycles. The molecule has 50 valence electrons. The van der Waals surface area contributed by atoms with Crippen molar-refractivity contribution in [2.75, 3.05) is 13.2 Å². The molecule has 0 aliphatic carbocycles. The van der Waals surface area contributed by atoms with Crippen LogP contribution < -0.4 is 62.0 Å². The average Bonchev–Trinajstić information content (AvgIpc) is 1.59. The predicted octanol–water partition coefficient (Wildman–Crippen LogP) is -4.57. The summed E-state index contributed by atoms with van der Waals surface area (Å²) in [6.07, 6.45) is 0. The Morgan fingerprint density at radius 3 is 2.33 bits per heavy atom. The summed E-state index contributed by atoms with van der Waals surface area (Å²) in [4.78, 5) is 17.6. The van der Waals surface area contributed by atoms with E-state index in [9.17, 15) is 9.46 Å². The minimum Gasteiger partial charge on any atom is -0.756 e. The first-order chi connectivity index (χ1) is 3.56. The summed E-state index contributed by atoms with van der Waals surface area (Å²) >= 11 is 0. The first-order valence-corrected chi connectivity index (χ1v) is 3.44. The van der Waals surface area contributed by atoms with Gasteiger partial charge < -0.3 is 20.0 Å². The number of hydrogen-bond donors (Lipinski definition) is 2. The molecule has 0 aliphatic rings. The average molecular weight is 179 g/mol. The molecule has 7 heteroatoms. The standard InChI is InChI=1S/C2H8NO4P.K/c3-1-2-7-8(4,5)6;/h1-3H2,(H2,4,5,6);/q;+1/p-1. The van der Waals surface area contributed by atoms with E-state index < -0.39 is 7.82 Å². The van der Waals surface area contributed by atoms with Crippen LogP contribution in [0.5, 0.6) is 0 Å². The van der Waals surface area contributed by atoms with Crippen molar-refractivity contribution in [1.29, 1.82) is 0 Å². The van der Waals surface area contributed by atoms with Crippen LogP contribution in [0.4, 0.5) is 0 Å². The van der Waals surface area contributed by atoms with Crippen molar-refractivity contribution in [2.45, 2.75) is 0 Å². The molecule has 5 nitrogen and oxygen atoms in total. The smallest absolute Gasteiger partial charge is 0.756 e. The molecule has 1 unspecified atom stereocenters. The van der Waals surface area contributed by atoms with Crippen molar-refractivity contribution in [3.05, 3.63) is 0 Å². The van der Waals surface area contributed by atoms with Gasteiger partial charge in [-0.3, -0.25) is 4.57 Å². The summed E-state index contributed by atoms with van der Waals surface area (Å²) < 4.78 is 13.5. The zero-order valence-electron chi connectivity index (χ0n) is 5.11. The van der Waals surface area contributed by atoms with E-state index in [1.165, 1.54) is 0 Å².